The highest BCUT2D eigenvalue weighted by Crippen LogP contribution is 2.31. The molecule has 1 aromatic heterocycles. The first kappa shape index (κ1) is 14.4. The van der Waals surface area contributed by atoms with E-state index in [4.69, 9.17) is 5.11 Å². The molecule has 0 aliphatic carbocycles. The molecule has 1 fully saturated rings. The second-order valence-corrected chi connectivity index (χ2v) is 7.65. The zero-order valence-electron chi connectivity index (χ0n) is 11.3. The third kappa shape index (κ3) is 3.13. The van der Waals surface area contributed by atoms with E-state index in [1.54, 1.807) is 6.07 Å². The lowest BCUT2D eigenvalue weighted by Gasteiger charge is -2.36. The van der Waals surface area contributed by atoms with E-state index in [-0.39, 0.29) is 17.0 Å². The first-order chi connectivity index (χ1) is 8.85. The first-order valence-electron chi connectivity index (χ1n) is 6.41. The Morgan fingerprint density at radius 2 is 2.16 bits per heavy atom. The van der Waals surface area contributed by atoms with Crippen LogP contribution in [0.15, 0.2) is 23.4 Å². The van der Waals surface area contributed by atoms with E-state index in [1.165, 1.54) is 16.6 Å². The maximum Gasteiger partial charge on any atom is 0.260 e. The normalized spacial score (nSPS) is 20.4. The molecule has 1 N–H and O–H groups in total. The zero-order chi connectivity index (χ0) is 14.1. The molecule has 106 valence electrons. The number of pyridine rings is 1. The summed E-state index contributed by atoms with van der Waals surface area (Å²) in [5.74, 6) is 0. The summed E-state index contributed by atoms with van der Waals surface area (Å²) in [6, 6.07) is 3.05. The average molecular weight is 284 g/mol. The van der Waals surface area contributed by atoms with Gasteiger partial charge in [0.1, 0.15) is 0 Å². The van der Waals surface area contributed by atoms with Crippen LogP contribution in [0, 0.1) is 5.41 Å². The molecule has 6 heteroatoms. The van der Waals surface area contributed by atoms with Gasteiger partial charge in [0.2, 0.25) is 0 Å². The number of sulfonamides is 1. The summed E-state index contributed by atoms with van der Waals surface area (Å²) >= 11 is 0. The fourth-order valence-corrected chi connectivity index (χ4v) is 3.94. The van der Waals surface area contributed by atoms with Crippen molar-refractivity contribution in [3.8, 4) is 0 Å². The molecule has 1 saturated heterocycles. The summed E-state index contributed by atoms with van der Waals surface area (Å²) in [7, 11) is -3.52. The van der Waals surface area contributed by atoms with Gasteiger partial charge >= 0.3 is 0 Å². The van der Waals surface area contributed by atoms with Crippen molar-refractivity contribution in [3.63, 3.8) is 0 Å². The Morgan fingerprint density at radius 3 is 2.68 bits per heavy atom. The van der Waals surface area contributed by atoms with E-state index < -0.39 is 10.0 Å². The number of piperidine rings is 1. The second kappa shape index (κ2) is 5.19. The van der Waals surface area contributed by atoms with Crippen LogP contribution in [0.4, 0.5) is 0 Å². The van der Waals surface area contributed by atoms with Gasteiger partial charge in [-0.1, -0.05) is 19.9 Å². The summed E-state index contributed by atoms with van der Waals surface area (Å²) in [6.45, 7) is 5.10. The molecule has 2 rings (SSSR count). The summed E-state index contributed by atoms with van der Waals surface area (Å²) in [5, 5.41) is 9.01. The average Bonchev–Trinajstić information content (AvgIpc) is 2.37. The number of nitrogens with zero attached hydrogens (tertiary/aromatic N) is 2. The van der Waals surface area contributed by atoms with Gasteiger partial charge in [0.25, 0.3) is 10.0 Å². The summed E-state index contributed by atoms with van der Waals surface area (Å²) in [4.78, 5) is 3.95. The van der Waals surface area contributed by atoms with Gasteiger partial charge in [-0.25, -0.2) is 13.4 Å². The highest BCUT2D eigenvalue weighted by molar-refractivity contribution is 7.89. The molecule has 5 nitrogen and oxygen atoms in total. The molecule has 1 aliphatic heterocycles. The minimum atomic E-state index is -3.52. The molecule has 19 heavy (non-hydrogen) atoms. The van der Waals surface area contributed by atoms with Gasteiger partial charge in [0, 0.05) is 19.3 Å². The number of rotatable bonds is 3. The van der Waals surface area contributed by atoms with Gasteiger partial charge in [0.15, 0.2) is 5.03 Å². The van der Waals surface area contributed by atoms with Crippen molar-refractivity contribution in [2.45, 2.75) is 38.3 Å². The number of aromatic nitrogens is 1. The summed E-state index contributed by atoms with van der Waals surface area (Å²) in [5.41, 5.74) is 0.619. The van der Waals surface area contributed by atoms with Crippen LogP contribution in [0.2, 0.25) is 0 Å². The summed E-state index contributed by atoms with van der Waals surface area (Å²) < 4.78 is 26.5. The third-order valence-corrected chi connectivity index (χ3v) is 5.21. The van der Waals surface area contributed by atoms with E-state index in [2.05, 4.69) is 18.8 Å². The van der Waals surface area contributed by atoms with Crippen molar-refractivity contribution >= 4 is 10.0 Å². The van der Waals surface area contributed by atoms with Crippen LogP contribution in [0.3, 0.4) is 0 Å². The van der Waals surface area contributed by atoms with E-state index >= 15 is 0 Å². The van der Waals surface area contributed by atoms with Crippen molar-refractivity contribution in [2.24, 2.45) is 5.41 Å². The number of aliphatic hydroxyl groups is 1. The largest absolute Gasteiger partial charge is 0.392 e. The van der Waals surface area contributed by atoms with E-state index in [9.17, 15) is 8.42 Å². The van der Waals surface area contributed by atoms with Crippen LogP contribution >= 0.6 is 0 Å². The Balaban J connectivity index is 2.26. The molecule has 2 heterocycles. The van der Waals surface area contributed by atoms with Gasteiger partial charge in [-0.05, 0) is 29.9 Å². The van der Waals surface area contributed by atoms with E-state index in [0.717, 1.165) is 12.8 Å². The zero-order valence-corrected chi connectivity index (χ0v) is 12.2. The fraction of sp³-hybridized carbons (Fsp3) is 0.615. The number of hydrogen-bond donors (Lipinski definition) is 1. The lowest BCUT2D eigenvalue weighted by molar-refractivity contribution is 0.186. The summed E-state index contributed by atoms with van der Waals surface area (Å²) in [6.07, 6.45) is 3.32. The molecule has 0 atom stereocenters. The van der Waals surface area contributed by atoms with Crippen molar-refractivity contribution in [1.29, 1.82) is 0 Å². The van der Waals surface area contributed by atoms with Gasteiger partial charge in [-0.2, -0.15) is 4.31 Å². The van der Waals surface area contributed by atoms with Crippen LogP contribution in [0.5, 0.6) is 0 Å². The maximum absolute atomic E-state index is 12.5. The molecular formula is C13H20N2O3S. The van der Waals surface area contributed by atoms with Crippen LogP contribution in [0.1, 0.15) is 32.3 Å². The Labute approximate surface area is 114 Å². The molecule has 0 bridgehead atoms. The molecule has 0 saturated carbocycles. The van der Waals surface area contributed by atoms with Crippen LogP contribution < -0.4 is 0 Å². The lowest BCUT2D eigenvalue weighted by atomic mass is 9.85. The lowest BCUT2D eigenvalue weighted by Crippen LogP contribution is -2.43. The van der Waals surface area contributed by atoms with Crippen molar-refractivity contribution in [1.82, 2.24) is 9.29 Å². The predicted molar refractivity (Wildman–Crippen MR) is 71.9 cm³/mol. The Bertz CT molecular complexity index is 538. The molecular weight excluding hydrogens is 264 g/mol. The minimum Gasteiger partial charge on any atom is -0.392 e. The Hall–Kier alpha value is -0.980. The Morgan fingerprint density at radius 1 is 1.42 bits per heavy atom. The van der Waals surface area contributed by atoms with Gasteiger partial charge < -0.3 is 5.11 Å². The minimum absolute atomic E-state index is 0.0103. The third-order valence-electron chi connectivity index (χ3n) is 3.45. The number of aliphatic hydroxyl groups excluding tert-OH is 1. The molecule has 0 radical (unpaired) electrons. The molecule has 1 aliphatic rings. The smallest absolute Gasteiger partial charge is 0.260 e. The predicted octanol–water partition coefficient (Wildman–Crippen LogP) is 1.38. The van der Waals surface area contributed by atoms with Crippen molar-refractivity contribution in [3.05, 3.63) is 23.9 Å². The van der Waals surface area contributed by atoms with Gasteiger partial charge in [-0.3, -0.25) is 0 Å². The van der Waals surface area contributed by atoms with Crippen molar-refractivity contribution < 1.29 is 13.5 Å². The monoisotopic (exact) mass is 284 g/mol. The fourth-order valence-electron chi connectivity index (χ4n) is 2.36. The Kier molecular flexibility index (Phi) is 3.94. The molecule has 0 spiro atoms. The molecule has 1 aromatic rings. The highest BCUT2D eigenvalue weighted by atomic mass is 32.2. The van der Waals surface area contributed by atoms with Gasteiger partial charge in [-0.15, -0.1) is 0 Å². The first-order valence-corrected chi connectivity index (χ1v) is 7.85. The van der Waals surface area contributed by atoms with E-state index in [1.807, 2.05) is 0 Å². The second-order valence-electron chi connectivity index (χ2n) is 5.77. The molecule has 0 aromatic carbocycles. The maximum atomic E-state index is 12.5. The number of hydrogen-bond acceptors (Lipinski definition) is 4. The van der Waals surface area contributed by atoms with Crippen molar-refractivity contribution in [2.75, 3.05) is 13.1 Å². The van der Waals surface area contributed by atoms with Crippen LogP contribution in [-0.4, -0.2) is 35.9 Å². The van der Waals surface area contributed by atoms with Crippen LogP contribution in [0.25, 0.3) is 0 Å². The van der Waals surface area contributed by atoms with Crippen LogP contribution in [-0.2, 0) is 16.6 Å². The molecule has 0 unspecified atom stereocenters. The SMILES string of the molecule is CC1(C)CCCN(S(=O)(=O)c2ccc(CO)cn2)C1. The topological polar surface area (TPSA) is 70.5 Å². The van der Waals surface area contributed by atoms with Gasteiger partial charge in [0.05, 0.1) is 6.61 Å². The highest BCUT2D eigenvalue weighted by Gasteiger charge is 2.34. The quantitative estimate of drug-likeness (QED) is 0.910. The van der Waals surface area contributed by atoms with E-state index in [0.29, 0.717) is 18.7 Å². The standard InChI is InChI=1S/C13H20N2O3S/c1-13(2)6-3-7-15(10-13)19(17,18)12-5-4-11(9-16)8-14-12/h4-5,8,16H,3,6-7,9-10H2,1-2H3. The molecule has 0 amide bonds.